The van der Waals surface area contributed by atoms with Crippen LogP contribution in [0.4, 0.5) is 11.4 Å². The first-order valence-electron chi connectivity index (χ1n) is 9.77. The smallest absolute Gasteiger partial charge is 0.244 e. The van der Waals surface area contributed by atoms with Crippen molar-refractivity contribution in [3.63, 3.8) is 0 Å². The fraction of sp³-hybridized carbons (Fsp3) is 0.364. The van der Waals surface area contributed by atoms with Crippen molar-refractivity contribution in [3.05, 3.63) is 60.2 Å². The molecule has 29 heavy (non-hydrogen) atoms. The maximum absolute atomic E-state index is 13.3. The lowest BCUT2D eigenvalue weighted by Crippen LogP contribution is -2.50. The van der Waals surface area contributed by atoms with E-state index in [-0.39, 0.29) is 36.8 Å². The molecule has 2 aromatic rings. The summed E-state index contributed by atoms with van der Waals surface area (Å²) in [5, 5.41) is 2.83. The van der Waals surface area contributed by atoms with Gasteiger partial charge in [-0.3, -0.25) is 19.4 Å². The minimum Gasteiger partial charge on any atom is -0.330 e. The van der Waals surface area contributed by atoms with Gasteiger partial charge in [0, 0.05) is 19.0 Å². The van der Waals surface area contributed by atoms with Gasteiger partial charge >= 0.3 is 0 Å². The van der Waals surface area contributed by atoms with Crippen LogP contribution in [-0.4, -0.2) is 48.9 Å². The highest BCUT2D eigenvalue weighted by atomic mass is 35.5. The molecule has 0 bridgehead atoms. The third kappa shape index (κ3) is 4.15. The molecule has 2 aromatic carbocycles. The zero-order valence-corrected chi connectivity index (χ0v) is 17.3. The highest BCUT2D eigenvalue weighted by Crippen LogP contribution is 2.35. The third-order valence-electron chi connectivity index (χ3n) is 5.94. The highest BCUT2D eigenvalue weighted by Gasteiger charge is 2.39. The normalized spacial score (nSPS) is 22.4. The van der Waals surface area contributed by atoms with E-state index in [4.69, 9.17) is 5.73 Å². The summed E-state index contributed by atoms with van der Waals surface area (Å²) in [5.41, 5.74) is 8.76. The monoisotopic (exact) mass is 414 g/mol. The molecule has 4 rings (SSSR count). The van der Waals surface area contributed by atoms with Gasteiger partial charge in [0.15, 0.2) is 0 Å². The Hall–Kier alpha value is -2.41. The van der Waals surface area contributed by atoms with Gasteiger partial charge in [0.1, 0.15) is 6.54 Å². The highest BCUT2D eigenvalue weighted by molar-refractivity contribution is 6.11. The Morgan fingerprint density at radius 1 is 1.14 bits per heavy atom. The van der Waals surface area contributed by atoms with Gasteiger partial charge in [-0.2, -0.15) is 0 Å². The Labute approximate surface area is 177 Å². The molecule has 7 heteroatoms. The number of nitrogens with zero attached hydrogens (tertiary/aromatic N) is 2. The van der Waals surface area contributed by atoms with Gasteiger partial charge < -0.3 is 11.1 Å². The van der Waals surface area contributed by atoms with Crippen LogP contribution in [0.5, 0.6) is 0 Å². The molecule has 154 valence electrons. The van der Waals surface area contributed by atoms with Crippen LogP contribution in [0.1, 0.15) is 18.4 Å². The molecule has 2 aliphatic rings. The van der Waals surface area contributed by atoms with Gasteiger partial charge in [-0.1, -0.05) is 42.5 Å². The summed E-state index contributed by atoms with van der Waals surface area (Å²) < 4.78 is 0. The molecular formula is C22H27ClN4O2. The molecule has 1 fully saturated rings. The second-order valence-electron chi connectivity index (χ2n) is 7.63. The molecule has 1 saturated heterocycles. The number of carbonyl (C=O) groups is 2. The lowest BCUT2D eigenvalue weighted by atomic mass is 9.89. The first-order valence-corrected chi connectivity index (χ1v) is 9.77. The van der Waals surface area contributed by atoms with E-state index in [0.29, 0.717) is 24.1 Å². The molecule has 0 radical (unpaired) electrons. The average molecular weight is 415 g/mol. The number of hydrogen-bond donors (Lipinski definition) is 2. The van der Waals surface area contributed by atoms with E-state index in [1.807, 2.05) is 49.4 Å². The van der Waals surface area contributed by atoms with Crippen molar-refractivity contribution in [3.8, 4) is 0 Å². The molecule has 2 aliphatic heterocycles. The number of amides is 2. The number of fused-ring (bicyclic) bond motifs is 1. The lowest BCUT2D eigenvalue weighted by Gasteiger charge is -2.33. The first-order chi connectivity index (χ1) is 13.6. The SMILES string of the molecule is CC(C(=O)N1CC(=O)Nc2ccccc21)N1C[C@@H](CN)[C@H](c2ccccc2)C1.Cl. The number of anilines is 2. The standard InChI is InChI=1S/C22H26N4O2.ClH/c1-15(22(28)26-14-21(27)24-19-9-5-6-10-20(19)26)25-12-17(11-23)18(13-25)16-7-3-2-4-8-16;/h2-10,15,17-18H,11-14,23H2,1H3,(H,24,27);1H/t15?,17-,18+;/m1./s1. The molecule has 0 aliphatic carbocycles. The van der Waals surface area contributed by atoms with Crippen molar-refractivity contribution in [2.45, 2.75) is 18.9 Å². The van der Waals surface area contributed by atoms with Gasteiger partial charge in [0.25, 0.3) is 0 Å². The summed E-state index contributed by atoms with van der Waals surface area (Å²) in [6.45, 7) is 4.14. The molecule has 2 heterocycles. The van der Waals surface area contributed by atoms with Crippen molar-refractivity contribution >= 4 is 35.6 Å². The van der Waals surface area contributed by atoms with E-state index in [1.54, 1.807) is 4.90 Å². The first kappa shape index (κ1) is 21.3. The molecule has 3 atom stereocenters. The van der Waals surface area contributed by atoms with Crippen LogP contribution < -0.4 is 16.0 Å². The van der Waals surface area contributed by atoms with Crippen LogP contribution in [0, 0.1) is 5.92 Å². The van der Waals surface area contributed by atoms with E-state index in [9.17, 15) is 9.59 Å². The Morgan fingerprint density at radius 2 is 1.83 bits per heavy atom. The fourth-order valence-corrected chi connectivity index (χ4v) is 4.35. The number of halogens is 1. The topological polar surface area (TPSA) is 78.7 Å². The van der Waals surface area contributed by atoms with Crippen LogP contribution in [0.15, 0.2) is 54.6 Å². The number of para-hydroxylation sites is 2. The number of carbonyl (C=O) groups excluding carboxylic acids is 2. The summed E-state index contributed by atoms with van der Waals surface area (Å²) in [7, 11) is 0. The number of hydrogen-bond acceptors (Lipinski definition) is 4. The quantitative estimate of drug-likeness (QED) is 0.805. The number of rotatable bonds is 4. The minimum atomic E-state index is -0.318. The van der Waals surface area contributed by atoms with Crippen molar-refractivity contribution < 1.29 is 9.59 Å². The van der Waals surface area contributed by atoms with E-state index in [1.165, 1.54) is 5.56 Å². The van der Waals surface area contributed by atoms with Crippen LogP contribution in [0.3, 0.4) is 0 Å². The predicted molar refractivity (Wildman–Crippen MR) is 117 cm³/mol. The van der Waals surface area contributed by atoms with Crippen LogP contribution >= 0.6 is 12.4 Å². The number of benzene rings is 2. The Balaban J connectivity index is 0.00000240. The average Bonchev–Trinajstić information content (AvgIpc) is 3.17. The van der Waals surface area contributed by atoms with E-state index >= 15 is 0 Å². The molecule has 6 nitrogen and oxygen atoms in total. The summed E-state index contributed by atoms with van der Waals surface area (Å²) in [6.07, 6.45) is 0. The van der Waals surface area contributed by atoms with Gasteiger partial charge in [-0.15, -0.1) is 12.4 Å². The van der Waals surface area contributed by atoms with Gasteiger partial charge in [-0.05, 0) is 37.1 Å². The van der Waals surface area contributed by atoms with Gasteiger partial charge in [0.05, 0.1) is 17.4 Å². The van der Waals surface area contributed by atoms with E-state index in [0.717, 1.165) is 18.8 Å². The number of nitrogens with one attached hydrogen (secondary N) is 1. The predicted octanol–water partition coefficient (Wildman–Crippen LogP) is 2.46. The maximum Gasteiger partial charge on any atom is 0.244 e. The molecule has 3 N–H and O–H groups in total. The molecule has 2 amide bonds. The lowest BCUT2D eigenvalue weighted by molar-refractivity contribution is -0.125. The van der Waals surface area contributed by atoms with Crippen molar-refractivity contribution in [1.82, 2.24) is 4.90 Å². The van der Waals surface area contributed by atoms with Gasteiger partial charge in [0.2, 0.25) is 11.8 Å². The van der Waals surface area contributed by atoms with E-state index in [2.05, 4.69) is 22.3 Å². The zero-order valence-electron chi connectivity index (χ0n) is 16.5. The maximum atomic E-state index is 13.3. The molecule has 0 saturated carbocycles. The van der Waals surface area contributed by atoms with Crippen LogP contribution in [0.2, 0.25) is 0 Å². The second-order valence-corrected chi connectivity index (χ2v) is 7.63. The Bertz CT molecular complexity index is 876. The van der Waals surface area contributed by atoms with E-state index < -0.39 is 0 Å². The summed E-state index contributed by atoms with van der Waals surface area (Å²) in [6, 6.07) is 17.5. The second kappa shape index (κ2) is 8.95. The Kier molecular flexibility index (Phi) is 6.57. The van der Waals surface area contributed by atoms with Crippen molar-refractivity contribution in [1.29, 1.82) is 0 Å². The molecule has 0 spiro atoms. The minimum absolute atomic E-state index is 0. The largest absolute Gasteiger partial charge is 0.330 e. The molecular weight excluding hydrogens is 388 g/mol. The molecule has 0 aromatic heterocycles. The van der Waals surface area contributed by atoms with Crippen LogP contribution in [0.25, 0.3) is 0 Å². The van der Waals surface area contributed by atoms with Crippen molar-refractivity contribution in [2.75, 3.05) is 36.4 Å². The number of nitrogens with two attached hydrogens (primary N) is 1. The Morgan fingerprint density at radius 3 is 2.55 bits per heavy atom. The third-order valence-corrected chi connectivity index (χ3v) is 5.94. The zero-order chi connectivity index (χ0) is 19.7. The van der Waals surface area contributed by atoms with Gasteiger partial charge in [-0.25, -0.2) is 0 Å². The summed E-state index contributed by atoms with van der Waals surface area (Å²) in [4.78, 5) is 29.2. The molecule has 1 unspecified atom stereocenters. The summed E-state index contributed by atoms with van der Waals surface area (Å²) in [5.74, 6) is 0.419. The number of likely N-dealkylation sites (tertiary alicyclic amines) is 1. The summed E-state index contributed by atoms with van der Waals surface area (Å²) >= 11 is 0. The van der Waals surface area contributed by atoms with Crippen LogP contribution in [-0.2, 0) is 9.59 Å². The fourth-order valence-electron chi connectivity index (χ4n) is 4.35. The van der Waals surface area contributed by atoms with Crippen molar-refractivity contribution in [2.24, 2.45) is 11.7 Å².